The molecule has 1 aromatic heterocycles. The molecule has 1 aromatic carbocycles. The smallest absolute Gasteiger partial charge is 0.191 e. The Morgan fingerprint density at radius 2 is 1.78 bits per heavy atom. The molecule has 0 spiro atoms. The Hall–Kier alpha value is -1.71. The molecule has 8 heteroatoms. The molecule has 0 aliphatic rings. The normalized spacial score (nSPS) is 11.4. The molecular formula is C19H27F2IN4O. The number of aromatic nitrogens is 1. The van der Waals surface area contributed by atoms with E-state index in [0.29, 0.717) is 37.0 Å². The average Bonchev–Trinajstić information content (AvgIpc) is 3.07. The van der Waals surface area contributed by atoms with Crippen LogP contribution in [0.4, 0.5) is 8.78 Å². The summed E-state index contributed by atoms with van der Waals surface area (Å²) < 4.78 is 31.7. The first-order chi connectivity index (χ1) is 12.5. The molecule has 0 saturated heterocycles. The molecule has 0 fully saturated rings. The molecule has 150 valence electrons. The zero-order chi connectivity index (χ0) is 18.9. The van der Waals surface area contributed by atoms with E-state index in [1.54, 1.807) is 7.05 Å². The van der Waals surface area contributed by atoms with E-state index in [2.05, 4.69) is 34.6 Å². The van der Waals surface area contributed by atoms with Crippen LogP contribution in [-0.2, 0) is 13.0 Å². The van der Waals surface area contributed by atoms with Gasteiger partial charge in [-0.3, -0.25) is 4.99 Å². The van der Waals surface area contributed by atoms with E-state index in [4.69, 9.17) is 4.52 Å². The molecule has 0 bridgehead atoms. The SMILES string of the molecule is CCC(CC)c1cc(CNC(=NC)NCCc2cc(F)cc(F)c2)on1.I. The molecule has 0 atom stereocenters. The van der Waals surface area contributed by atoms with Gasteiger partial charge in [0.2, 0.25) is 0 Å². The van der Waals surface area contributed by atoms with Crippen LogP contribution in [0.2, 0.25) is 0 Å². The second kappa shape index (κ2) is 11.9. The lowest BCUT2D eigenvalue weighted by molar-refractivity contribution is 0.368. The van der Waals surface area contributed by atoms with Gasteiger partial charge in [0.15, 0.2) is 11.7 Å². The number of hydrogen-bond acceptors (Lipinski definition) is 3. The highest BCUT2D eigenvalue weighted by atomic mass is 127. The van der Waals surface area contributed by atoms with Crippen LogP contribution in [0.25, 0.3) is 0 Å². The summed E-state index contributed by atoms with van der Waals surface area (Å²) in [5.74, 6) is 0.600. The van der Waals surface area contributed by atoms with Crippen LogP contribution in [0.15, 0.2) is 33.8 Å². The molecule has 0 radical (unpaired) electrons. The number of benzene rings is 1. The molecule has 5 nitrogen and oxygen atoms in total. The van der Waals surface area contributed by atoms with Crippen molar-refractivity contribution in [2.45, 2.75) is 45.6 Å². The van der Waals surface area contributed by atoms with Gasteiger partial charge in [-0.1, -0.05) is 19.0 Å². The molecule has 0 unspecified atom stereocenters. The first kappa shape index (κ1) is 23.3. The maximum atomic E-state index is 13.2. The lowest BCUT2D eigenvalue weighted by Crippen LogP contribution is -2.37. The Bertz CT molecular complexity index is 712. The molecule has 0 saturated carbocycles. The predicted octanol–water partition coefficient (Wildman–Crippen LogP) is 4.38. The Labute approximate surface area is 176 Å². The number of halogens is 3. The highest BCUT2D eigenvalue weighted by Crippen LogP contribution is 2.22. The third-order valence-corrected chi connectivity index (χ3v) is 4.26. The molecule has 2 rings (SSSR count). The summed E-state index contributed by atoms with van der Waals surface area (Å²) in [7, 11) is 1.66. The third-order valence-electron chi connectivity index (χ3n) is 4.26. The van der Waals surface area contributed by atoms with Crippen molar-refractivity contribution < 1.29 is 13.3 Å². The fourth-order valence-corrected chi connectivity index (χ4v) is 2.78. The summed E-state index contributed by atoms with van der Waals surface area (Å²) in [6.07, 6.45) is 2.54. The Morgan fingerprint density at radius 3 is 2.37 bits per heavy atom. The van der Waals surface area contributed by atoms with Crippen LogP contribution in [0, 0.1) is 11.6 Å². The summed E-state index contributed by atoms with van der Waals surface area (Å²) in [5.41, 5.74) is 1.57. The molecular weight excluding hydrogens is 465 g/mol. The van der Waals surface area contributed by atoms with E-state index in [9.17, 15) is 8.78 Å². The van der Waals surface area contributed by atoms with E-state index < -0.39 is 11.6 Å². The van der Waals surface area contributed by atoms with E-state index in [0.717, 1.165) is 30.4 Å². The minimum atomic E-state index is -0.568. The number of aliphatic imine (C=N–C) groups is 1. The molecule has 27 heavy (non-hydrogen) atoms. The number of hydrogen-bond donors (Lipinski definition) is 2. The zero-order valence-corrected chi connectivity index (χ0v) is 18.2. The maximum Gasteiger partial charge on any atom is 0.191 e. The summed E-state index contributed by atoms with van der Waals surface area (Å²) in [6.45, 7) is 5.23. The minimum absolute atomic E-state index is 0. The van der Waals surface area contributed by atoms with E-state index in [1.807, 2.05) is 6.07 Å². The summed E-state index contributed by atoms with van der Waals surface area (Å²) in [5, 5.41) is 10.4. The molecule has 0 aliphatic heterocycles. The second-order valence-corrected chi connectivity index (χ2v) is 6.11. The Balaban J connectivity index is 0.00000364. The molecule has 2 aromatic rings. The summed E-state index contributed by atoms with van der Waals surface area (Å²) >= 11 is 0. The van der Waals surface area contributed by atoms with Gasteiger partial charge in [-0.2, -0.15) is 0 Å². The number of guanidine groups is 1. The first-order valence-corrected chi connectivity index (χ1v) is 8.90. The lowest BCUT2D eigenvalue weighted by atomic mass is 9.99. The predicted molar refractivity (Wildman–Crippen MR) is 114 cm³/mol. The van der Waals surface area contributed by atoms with Crippen molar-refractivity contribution in [2.24, 2.45) is 4.99 Å². The number of rotatable bonds is 8. The quantitative estimate of drug-likeness (QED) is 0.326. The fourth-order valence-electron chi connectivity index (χ4n) is 2.78. The van der Waals surface area contributed by atoms with E-state index in [-0.39, 0.29) is 24.0 Å². The van der Waals surface area contributed by atoms with Gasteiger partial charge in [-0.15, -0.1) is 24.0 Å². The van der Waals surface area contributed by atoms with Crippen LogP contribution in [0.1, 0.15) is 49.6 Å². The summed E-state index contributed by atoms with van der Waals surface area (Å²) in [4.78, 5) is 4.13. The Kier molecular flexibility index (Phi) is 10.3. The van der Waals surface area contributed by atoms with Crippen molar-refractivity contribution >= 4 is 29.9 Å². The Morgan fingerprint density at radius 1 is 1.11 bits per heavy atom. The van der Waals surface area contributed by atoms with Gasteiger partial charge >= 0.3 is 0 Å². The molecule has 2 N–H and O–H groups in total. The van der Waals surface area contributed by atoms with Gasteiger partial charge < -0.3 is 15.2 Å². The zero-order valence-electron chi connectivity index (χ0n) is 15.9. The van der Waals surface area contributed by atoms with Gasteiger partial charge in [0.1, 0.15) is 11.6 Å². The average molecular weight is 492 g/mol. The van der Waals surface area contributed by atoms with Crippen LogP contribution < -0.4 is 10.6 Å². The monoisotopic (exact) mass is 492 g/mol. The van der Waals surface area contributed by atoms with Crippen LogP contribution >= 0.6 is 24.0 Å². The summed E-state index contributed by atoms with van der Waals surface area (Å²) in [6, 6.07) is 5.49. The van der Waals surface area contributed by atoms with E-state index in [1.165, 1.54) is 12.1 Å². The van der Waals surface area contributed by atoms with Crippen LogP contribution in [-0.4, -0.2) is 24.7 Å². The highest BCUT2D eigenvalue weighted by Gasteiger charge is 2.13. The standard InChI is InChI=1S/C19H26F2N4O.HI/c1-4-14(5-2)18-11-17(26-25-18)12-24-19(22-3)23-7-6-13-8-15(20)10-16(21)9-13;/h8-11,14H,4-7,12H2,1-3H3,(H2,22,23,24);1H. The lowest BCUT2D eigenvalue weighted by Gasteiger charge is -2.11. The first-order valence-electron chi connectivity index (χ1n) is 8.90. The van der Waals surface area contributed by atoms with Crippen molar-refractivity contribution in [2.75, 3.05) is 13.6 Å². The number of nitrogens with zero attached hydrogens (tertiary/aromatic N) is 2. The third kappa shape index (κ3) is 7.43. The van der Waals surface area contributed by atoms with Crippen LogP contribution in [0.3, 0.4) is 0 Å². The van der Waals surface area contributed by atoms with Crippen molar-refractivity contribution in [1.82, 2.24) is 15.8 Å². The minimum Gasteiger partial charge on any atom is -0.359 e. The molecule has 0 aliphatic carbocycles. The van der Waals surface area contributed by atoms with Crippen molar-refractivity contribution in [3.8, 4) is 0 Å². The second-order valence-electron chi connectivity index (χ2n) is 6.11. The van der Waals surface area contributed by atoms with Crippen LogP contribution in [0.5, 0.6) is 0 Å². The van der Waals surface area contributed by atoms with Gasteiger partial charge in [-0.25, -0.2) is 8.78 Å². The van der Waals surface area contributed by atoms with Gasteiger partial charge in [-0.05, 0) is 37.0 Å². The van der Waals surface area contributed by atoms with Crippen molar-refractivity contribution in [3.63, 3.8) is 0 Å². The highest BCUT2D eigenvalue weighted by molar-refractivity contribution is 14.0. The largest absolute Gasteiger partial charge is 0.359 e. The molecule has 1 heterocycles. The fraction of sp³-hybridized carbons (Fsp3) is 0.474. The molecule has 0 amide bonds. The topological polar surface area (TPSA) is 62.5 Å². The van der Waals surface area contributed by atoms with E-state index >= 15 is 0 Å². The van der Waals surface area contributed by atoms with Gasteiger partial charge in [0.05, 0.1) is 12.2 Å². The van der Waals surface area contributed by atoms with Gasteiger partial charge in [0, 0.05) is 31.6 Å². The maximum absolute atomic E-state index is 13.2. The van der Waals surface area contributed by atoms with Crippen molar-refractivity contribution in [3.05, 3.63) is 52.9 Å². The van der Waals surface area contributed by atoms with Crippen molar-refractivity contribution in [1.29, 1.82) is 0 Å². The van der Waals surface area contributed by atoms with Gasteiger partial charge in [0.25, 0.3) is 0 Å². The number of nitrogens with one attached hydrogen (secondary N) is 2.